The van der Waals surface area contributed by atoms with Crippen molar-refractivity contribution >= 4 is 5.91 Å². The van der Waals surface area contributed by atoms with Crippen molar-refractivity contribution in [2.75, 3.05) is 7.05 Å². The molecule has 3 atom stereocenters. The van der Waals surface area contributed by atoms with Crippen LogP contribution in [0.4, 0.5) is 0 Å². The number of rotatable bonds is 3. The third-order valence-electron chi connectivity index (χ3n) is 4.08. The summed E-state index contributed by atoms with van der Waals surface area (Å²) >= 11 is 0. The Hall–Kier alpha value is -1.55. The van der Waals surface area contributed by atoms with Gasteiger partial charge in [-0.15, -0.1) is 0 Å². The molecule has 19 heavy (non-hydrogen) atoms. The molecule has 0 radical (unpaired) electrons. The molecule has 2 N–H and O–H groups in total. The molecule has 104 valence electrons. The largest absolute Gasteiger partial charge is 0.508 e. The molecule has 4 nitrogen and oxygen atoms in total. The number of phenolic OH excluding ortho intramolecular Hbond substituents is 1. The zero-order valence-electron chi connectivity index (χ0n) is 11.4. The number of hydrogen-bond acceptors (Lipinski definition) is 3. The van der Waals surface area contributed by atoms with Crippen molar-refractivity contribution in [3.8, 4) is 5.75 Å². The Labute approximate surface area is 113 Å². The summed E-state index contributed by atoms with van der Waals surface area (Å²) in [5.41, 5.74) is 0.892. The first kappa shape index (κ1) is 13.9. The monoisotopic (exact) mass is 263 g/mol. The number of aliphatic hydroxyl groups excluding tert-OH is 1. The lowest BCUT2D eigenvalue weighted by Crippen LogP contribution is -2.37. The first-order valence-electron chi connectivity index (χ1n) is 6.74. The fraction of sp³-hybridized carbons (Fsp3) is 0.533. The molecule has 0 aromatic heterocycles. The number of amides is 1. The Morgan fingerprint density at radius 3 is 2.74 bits per heavy atom. The highest BCUT2D eigenvalue weighted by atomic mass is 16.3. The Balaban J connectivity index is 2.10. The van der Waals surface area contributed by atoms with E-state index in [0.717, 1.165) is 18.4 Å². The Bertz CT molecular complexity index is 460. The van der Waals surface area contributed by atoms with E-state index in [-0.39, 0.29) is 23.6 Å². The van der Waals surface area contributed by atoms with Crippen LogP contribution in [-0.4, -0.2) is 34.2 Å². The number of phenols is 1. The van der Waals surface area contributed by atoms with Crippen molar-refractivity contribution < 1.29 is 15.0 Å². The number of hydrogen-bond donors (Lipinski definition) is 2. The van der Waals surface area contributed by atoms with Gasteiger partial charge in [-0.3, -0.25) is 4.79 Å². The highest BCUT2D eigenvalue weighted by molar-refractivity contribution is 5.80. The number of benzene rings is 1. The summed E-state index contributed by atoms with van der Waals surface area (Å²) < 4.78 is 0. The van der Waals surface area contributed by atoms with E-state index in [1.807, 2.05) is 13.0 Å². The third kappa shape index (κ3) is 2.89. The lowest BCUT2D eigenvalue weighted by molar-refractivity contribution is -0.138. The molecule has 1 amide bonds. The topological polar surface area (TPSA) is 60.8 Å². The Morgan fingerprint density at radius 2 is 2.16 bits per heavy atom. The molecular formula is C15H21NO3. The fourth-order valence-corrected chi connectivity index (χ4v) is 2.69. The average Bonchev–Trinajstić information content (AvgIpc) is 2.82. The van der Waals surface area contributed by atoms with Gasteiger partial charge in [0.15, 0.2) is 0 Å². The number of carbonyl (C=O) groups is 1. The van der Waals surface area contributed by atoms with Gasteiger partial charge in [0.2, 0.25) is 5.91 Å². The average molecular weight is 263 g/mol. The van der Waals surface area contributed by atoms with Gasteiger partial charge in [-0.25, -0.2) is 0 Å². The molecule has 0 bridgehead atoms. The van der Waals surface area contributed by atoms with Crippen LogP contribution >= 0.6 is 0 Å². The van der Waals surface area contributed by atoms with E-state index in [1.165, 1.54) is 0 Å². The SMILES string of the molecule is CC(c1cccc(O)c1)N(C)C(=O)C1CCCC1O. The lowest BCUT2D eigenvalue weighted by Gasteiger charge is -2.29. The second kappa shape index (κ2) is 5.61. The third-order valence-corrected chi connectivity index (χ3v) is 4.08. The summed E-state index contributed by atoms with van der Waals surface area (Å²) in [4.78, 5) is 14.0. The van der Waals surface area contributed by atoms with Crippen LogP contribution in [0.3, 0.4) is 0 Å². The van der Waals surface area contributed by atoms with Crippen molar-refractivity contribution in [2.45, 2.75) is 38.3 Å². The minimum atomic E-state index is -0.508. The van der Waals surface area contributed by atoms with Gasteiger partial charge in [-0.05, 0) is 43.9 Å². The van der Waals surface area contributed by atoms with E-state index in [1.54, 1.807) is 30.1 Å². The molecule has 0 spiro atoms. The van der Waals surface area contributed by atoms with Crippen LogP contribution in [0.15, 0.2) is 24.3 Å². The molecule has 0 saturated heterocycles. The molecule has 0 aliphatic heterocycles. The van der Waals surface area contributed by atoms with Crippen LogP contribution in [0.2, 0.25) is 0 Å². The molecule has 1 aromatic carbocycles. The van der Waals surface area contributed by atoms with Crippen LogP contribution < -0.4 is 0 Å². The minimum Gasteiger partial charge on any atom is -0.508 e. The zero-order chi connectivity index (χ0) is 14.0. The first-order chi connectivity index (χ1) is 9.00. The van der Waals surface area contributed by atoms with Crippen LogP contribution in [0.1, 0.15) is 37.8 Å². The second-order valence-corrected chi connectivity index (χ2v) is 5.32. The molecule has 1 aliphatic carbocycles. The molecule has 1 fully saturated rings. The summed E-state index contributed by atoms with van der Waals surface area (Å²) in [5, 5.41) is 19.3. The number of nitrogens with zero attached hydrogens (tertiary/aromatic N) is 1. The summed E-state index contributed by atoms with van der Waals surface area (Å²) in [6.45, 7) is 1.92. The summed E-state index contributed by atoms with van der Waals surface area (Å²) in [7, 11) is 1.75. The highest BCUT2D eigenvalue weighted by Crippen LogP contribution is 2.30. The smallest absolute Gasteiger partial charge is 0.228 e. The summed E-state index contributed by atoms with van der Waals surface area (Å²) in [6, 6.07) is 6.81. The zero-order valence-corrected chi connectivity index (χ0v) is 11.4. The highest BCUT2D eigenvalue weighted by Gasteiger charge is 2.34. The molecule has 1 aromatic rings. The van der Waals surface area contributed by atoms with E-state index < -0.39 is 6.10 Å². The van der Waals surface area contributed by atoms with Crippen molar-refractivity contribution in [1.29, 1.82) is 0 Å². The Kier molecular flexibility index (Phi) is 4.10. The molecule has 2 rings (SSSR count). The minimum absolute atomic E-state index is 0.0131. The van der Waals surface area contributed by atoms with Crippen LogP contribution in [0.25, 0.3) is 0 Å². The van der Waals surface area contributed by atoms with E-state index in [2.05, 4.69) is 0 Å². The quantitative estimate of drug-likeness (QED) is 0.877. The van der Waals surface area contributed by atoms with Gasteiger partial charge in [0.25, 0.3) is 0 Å². The van der Waals surface area contributed by atoms with Gasteiger partial charge in [0, 0.05) is 7.05 Å². The van der Waals surface area contributed by atoms with Gasteiger partial charge >= 0.3 is 0 Å². The lowest BCUT2D eigenvalue weighted by atomic mass is 10.0. The molecule has 0 heterocycles. The standard InChI is InChI=1S/C15H21NO3/c1-10(11-5-3-6-12(17)9-11)16(2)15(19)13-7-4-8-14(13)18/h3,5-6,9-10,13-14,17-18H,4,7-8H2,1-2H3. The molecule has 1 saturated carbocycles. The van der Waals surface area contributed by atoms with E-state index in [9.17, 15) is 15.0 Å². The second-order valence-electron chi connectivity index (χ2n) is 5.32. The van der Waals surface area contributed by atoms with E-state index in [0.29, 0.717) is 6.42 Å². The van der Waals surface area contributed by atoms with Crippen molar-refractivity contribution in [3.63, 3.8) is 0 Å². The van der Waals surface area contributed by atoms with Gasteiger partial charge in [-0.1, -0.05) is 12.1 Å². The van der Waals surface area contributed by atoms with Crippen molar-refractivity contribution in [2.24, 2.45) is 5.92 Å². The molecule has 4 heteroatoms. The van der Waals surface area contributed by atoms with E-state index in [4.69, 9.17) is 0 Å². The van der Waals surface area contributed by atoms with Crippen LogP contribution in [0.5, 0.6) is 5.75 Å². The predicted octanol–water partition coefficient (Wildman–Crippen LogP) is 2.07. The summed E-state index contributed by atoms with van der Waals surface area (Å²) in [6.07, 6.45) is 1.87. The maximum absolute atomic E-state index is 12.4. The van der Waals surface area contributed by atoms with E-state index >= 15 is 0 Å². The van der Waals surface area contributed by atoms with Gasteiger partial charge in [-0.2, -0.15) is 0 Å². The summed E-state index contributed by atoms with van der Waals surface area (Å²) in [5.74, 6) is -0.0864. The molecular weight excluding hydrogens is 242 g/mol. The van der Waals surface area contributed by atoms with Crippen LogP contribution in [0, 0.1) is 5.92 Å². The van der Waals surface area contributed by atoms with Crippen LogP contribution in [-0.2, 0) is 4.79 Å². The predicted molar refractivity (Wildman–Crippen MR) is 72.6 cm³/mol. The van der Waals surface area contributed by atoms with Gasteiger partial charge < -0.3 is 15.1 Å². The van der Waals surface area contributed by atoms with Crippen molar-refractivity contribution in [1.82, 2.24) is 4.90 Å². The molecule has 3 unspecified atom stereocenters. The van der Waals surface area contributed by atoms with Gasteiger partial charge in [0.1, 0.15) is 5.75 Å². The first-order valence-corrected chi connectivity index (χ1v) is 6.74. The normalized spacial score (nSPS) is 24.2. The molecule has 1 aliphatic rings. The fourth-order valence-electron chi connectivity index (χ4n) is 2.69. The number of carbonyl (C=O) groups excluding carboxylic acids is 1. The maximum Gasteiger partial charge on any atom is 0.228 e. The maximum atomic E-state index is 12.4. The Morgan fingerprint density at radius 1 is 1.42 bits per heavy atom. The number of aliphatic hydroxyl groups is 1. The van der Waals surface area contributed by atoms with Gasteiger partial charge in [0.05, 0.1) is 18.1 Å². The number of aromatic hydroxyl groups is 1. The van der Waals surface area contributed by atoms with Crippen molar-refractivity contribution in [3.05, 3.63) is 29.8 Å².